The zero-order valence-electron chi connectivity index (χ0n) is 9.48. The molecule has 2 rings (SSSR count). The summed E-state index contributed by atoms with van der Waals surface area (Å²) in [6.45, 7) is 6.03. The van der Waals surface area contributed by atoms with Crippen LogP contribution >= 0.6 is 0 Å². The third kappa shape index (κ3) is 2.28. The first kappa shape index (κ1) is 11.2. The second-order valence-corrected chi connectivity index (χ2v) is 4.21. The van der Waals surface area contributed by atoms with Crippen LogP contribution in [-0.2, 0) is 0 Å². The van der Waals surface area contributed by atoms with E-state index in [0.717, 1.165) is 31.7 Å². The minimum Gasteiger partial charge on any atom is -0.508 e. The van der Waals surface area contributed by atoms with E-state index >= 15 is 0 Å². The van der Waals surface area contributed by atoms with Crippen LogP contribution in [0.15, 0.2) is 18.2 Å². The van der Waals surface area contributed by atoms with Crippen molar-refractivity contribution < 1.29 is 10.2 Å². The summed E-state index contributed by atoms with van der Waals surface area (Å²) in [6.07, 6.45) is 0. The monoisotopic (exact) mass is 222 g/mol. The fourth-order valence-corrected chi connectivity index (χ4v) is 2.15. The van der Waals surface area contributed by atoms with E-state index in [1.165, 1.54) is 6.07 Å². The highest BCUT2D eigenvalue weighted by Crippen LogP contribution is 2.31. The SMILES string of the molecule is CC(c1ccc(O)cc1O)N1CCNCC1. The fraction of sp³-hybridized carbons (Fsp3) is 0.500. The lowest BCUT2D eigenvalue weighted by Gasteiger charge is -2.33. The van der Waals surface area contributed by atoms with Gasteiger partial charge in [-0.1, -0.05) is 6.07 Å². The average molecular weight is 222 g/mol. The van der Waals surface area contributed by atoms with Crippen molar-refractivity contribution in [3.63, 3.8) is 0 Å². The molecule has 0 aromatic heterocycles. The van der Waals surface area contributed by atoms with Crippen molar-refractivity contribution in [2.45, 2.75) is 13.0 Å². The highest BCUT2D eigenvalue weighted by atomic mass is 16.3. The number of benzene rings is 1. The number of nitrogens with zero attached hydrogens (tertiary/aromatic N) is 1. The molecule has 1 heterocycles. The van der Waals surface area contributed by atoms with Crippen molar-refractivity contribution in [1.82, 2.24) is 10.2 Å². The van der Waals surface area contributed by atoms with Crippen LogP contribution in [-0.4, -0.2) is 41.3 Å². The van der Waals surface area contributed by atoms with Gasteiger partial charge in [0, 0.05) is 43.9 Å². The number of hydrogen-bond acceptors (Lipinski definition) is 4. The Morgan fingerprint density at radius 2 is 1.94 bits per heavy atom. The molecule has 4 heteroatoms. The Morgan fingerprint density at radius 3 is 2.56 bits per heavy atom. The molecular weight excluding hydrogens is 204 g/mol. The van der Waals surface area contributed by atoms with Crippen LogP contribution in [0.1, 0.15) is 18.5 Å². The van der Waals surface area contributed by atoms with Crippen LogP contribution in [0.4, 0.5) is 0 Å². The molecule has 1 aromatic rings. The quantitative estimate of drug-likeness (QED) is 0.700. The number of phenolic OH excluding ortho intramolecular Hbond substituents is 2. The van der Waals surface area contributed by atoms with Gasteiger partial charge in [0.25, 0.3) is 0 Å². The maximum Gasteiger partial charge on any atom is 0.124 e. The Morgan fingerprint density at radius 1 is 1.25 bits per heavy atom. The predicted octanol–water partition coefficient (Wildman–Crippen LogP) is 1.06. The van der Waals surface area contributed by atoms with Gasteiger partial charge in [0.1, 0.15) is 11.5 Å². The second-order valence-electron chi connectivity index (χ2n) is 4.21. The summed E-state index contributed by atoms with van der Waals surface area (Å²) in [5.41, 5.74) is 0.875. The zero-order valence-corrected chi connectivity index (χ0v) is 9.48. The number of rotatable bonds is 2. The molecule has 3 N–H and O–H groups in total. The number of phenols is 2. The normalized spacial score (nSPS) is 19.6. The first-order valence-corrected chi connectivity index (χ1v) is 5.65. The lowest BCUT2D eigenvalue weighted by Crippen LogP contribution is -2.44. The van der Waals surface area contributed by atoms with Crippen molar-refractivity contribution >= 4 is 0 Å². The van der Waals surface area contributed by atoms with Gasteiger partial charge in [-0.15, -0.1) is 0 Å². The third-order valence-corrected chi connectivity index (χ3v) is 3.16. The number of piperazine rings is 1. The Labute approximate surface area is 95.5 Å². The van der Waals surface area contributed by atoms with E-state index in [-0.39, 0.29) is 17.5 Å². The molecule has 0 spiro atoms. The highest BCUT2D eigenvalue weighted by molar-refractivity contribution is 5.40. The predicted molar refractivity (Wildman–Crippen MR) is 62.6 cm³/mol. The Bertz CT molecular complexity index is 362. The minimum absolute atomic E-state index is 0.105. The second kappa shape index (κ2) is 4.72. The molecule has 0 aliphatic carbocycles. The molecule has 1 saturated heterocycles. The van der Waals surface area contributed by atoms with Crippen molar-refractivity contribution in [2.24, 2.45) is 0 Å². The first-order valence-electron chi connectivity index (χ1n) is 5.65. The lowest BCUT2D eigenvalue weighted by molar-refractivity contribution is 0.183. The molecule has 16 heavy (non-hydrogen) atoms. The third-order valence-electron chi connectivity index (χ3n) is 3.16. The van der Waals surface area contributed by atoms with Gasteiger partial charge in [-0.3, -0.25) is 4.90 Å². The van der Waals surface area contributed by atoms with Crippen LogP contribution in [0.25, 0.3) is 0 Å². The summed E-state index contributed by atoms with van der Waals surface area (Å²) >= 11 is 0. The maximum atomic E-state index is 9.79. The van der Waals surface area contributed by atoms with Gasteiger partial charge in [0.15, 0.2) is 0 Å². The average Bonchev–Trinajstić information content (AvgIpc) is 2.29. The van der Waals surface area contributed by atoms with Crippen LogP contribution in [0.5, 0.6) is 11.5 Å². The molecule has 1 aliphatic heterocycles. The Kier molecular flexibility index (Phi) is 3.31. The van der Waals surface area contributed by atoms with Gasteiger partial charge in [-0.2, -0.15) is 0 Å². The molecule has 4 nitrogen and oxygen atoms in total. The smallest absolute Gasteiger partial charge is 0.124 e. The van der Waals surface area contributed by atoms with E-state index < -0.39 is 0 Å². The molecule has 1 aromatic carbocycles. The molecule has 1 atom stereocenters. The summed E-state index contributed by atoms with van der Waals surface area (Å²) in [6, 6.07) is 4.99. The Hall–Kier alpha value is -1.26. The van der Waals surface area contributed by atoms with E-state index in [0.29, 0.717) is 0 Å². The highest BCUT2D eigenvalue weighted by Gasteiger charge is 2.20. The van der Waals surface area contributed by atoms with Crippen molar-refractivity contribution in [3.05, 3.63) is 23.8 Å². The largest absolute Gasteiger partial charge is 0.508 e. The molecule has 0 bridgehead atoms. The summed E-state index contributed by atoms with van der Waals surface area (Å²) in [5.74, 6) is 0.278. The number of nitrogens with one attached hydrogen (secondary N) is 1. The lowest BCUT2D eigenvalue weighted by atomic mass is 10.0. The van der Waals surface area contributed by atoms with Gasteiger partial charge < -0.3 is 15.5 Å². The minimum atomic E-state index is 0.105. The molecule has 1 unspecified atom stereocenters. The molecule has 0 radical (unpaired) electrons. The number of hydrogen-bond donors (Lipinski definition) is 3. The van der Waals surface area contributed by atoms with Gasteiger partial charge >= 0.3 is 0 Å². The van der Waals surface area contributed by atoms with Crippen LogP contribution in [0.3, 0.4) is 0 Å². The molecule has 88 valence electrons. The Balaban J connectivity index is 2.15. The van der Waals surface area contributed by atoms with Crippen LogP contribution in [0, 0.1) is 0 Å². The van der Waals surface area contributed by atoms with E-state index in [1.807, 2.05) is 0 Å². The van der Waals surface area contributed by atoms with E-state index in [1.54, 1.807) is 12.1 Å². The standard InChI is InChI=1S/C12H18N2O2/c1-9(14-6-4-13-5-7-14)11-3-2-10(15)8-12(11)16/h2-3,8-9,13,15-16H,4-7H2,1H3. The summed E-state index contributed by atoms with van der Waals surface area (Å²) in [7, 11) is 0. The molecule has 1 aliphatic rings. The molecular formula is C12H18N2O2. The molecule has 0 amide bonds. The van der Waals surface area contributed by atoms with Gasteiger partial charge in [0.2, 0.25) is 0 Å². The van der Waals surface area contributed by atoms with Crippen LogP contribution in [0.2, 0.25) is 0 Å². The molecule has 0 saturated carbocycles. The number of aromatic hydroxyl groups is 2. The summed E-state index contributed by atoms with van der Waals surface area (Å²) in [4.78, 5) is 2.32. The first-order chi connectivity index (χ1) is 7.68. The maximum absolute atomic E-state index is 9.79. The van der Waals surface area contributed by atoms with E-state index in [9.17, 15) is 10.2 Å². The van der Waals surface area contributed by atoms with Crippen LogP contribution < -0.4 is 5.32 Å². The molecule has 1 fully saturated rings. The van der Waals surface area contributed by atoms with E-state index in [2.05, 4.69) is 17.1 Å². The van der Waals surface area contributed by atoms with Gasteiger partial charge in [-0.05, 0) is 13.0 Å². The topological polar surface area (TPSA) is 55.7 Å². The fourth-order valence-electron chi connectivity index (χ4n) is 2.15. The summed E-state index contributed by atoms with van der Waals surface area (Å²) < 4.78 is 0. The van der Waals surface area contributed by atoms with E-state index in [4.69, 9.17) is 0 Å². The zero-order chi connectivity index (χ0) is 11.5. The van der Waals surface area contributed by atoms with Gasteiger partial charge in [0.05, 0.1) is 0 Å². The van der Waals surface area contributed by atoms with Crippen molar-refractivity contribution in [1.29, 1.82) is 0 Å². The van der Waals surface area contributed by atoms with Crippen molar-refractivity contribution in [2.75, 3.05) is 26.2 Å². The van der Waals surface area contributed by atoms with Gasteiger partial charge in [-0.25, -0.2) is 0 Å². The summed E-state index contributed by atoms with van der Waals surface area (Å²) in [5, 5.41) is 22.3. The van der Waals surface area contributed by atoms with Crippen molar-refractivity contribution in [3.8, 4) is 11.5 Å².